The molecular weight excluding hydrogens is 368 g/mol. The number of anilines is 1. The van der Waals surface area contributed by atoms with Crippen LogP contribution < -0.4 is 15.6 Å². The molecule has 0 saturated carbocycles. The van der Waals surface area contributed by atoms with Crippen LogP contribution in [0.2, 0.25) is 0 Å². The summed E-state index contributed by atoms with van der Waals surface area (Å²) in [6, 6.07) is 7.01. The van der Waals surface area contributed by atoms with Crippen LogP contribution in [0.1, 0.15) is 17.5 Å². The van der Waals surface area contributed by atoms with Crippen molar-refractivity contribution in [1.29, 1.82) is 0 Å². The van der Waals surface area contributed by atoms with E-state index < -0.39 is 21.3 Å². The van der Waals surface area contributed by atoms with Gasteiger partial charge in [-0.15, -0.1) is 0 Å². The standard InChI is InChI=1S/C18H18N4O4S/c1-11-5-3-6-12-7-4-8-22(15(11)12)27(25,26)13-9-14-16(19-10-13)21(2)18(24)20-17(14)23/h3,5-6,9-10H,4,7-8H2,1-2H3,(H,20,23,24). The fraction of sp³-hybridized carbons (Fsp3) is 0.278. The van der Waals surface area contributed by atoms with E-state index in [1.165, 1.54) is 28.2 Å². The van der Waals surface area contributed by atoms with E-state index in [4.69, 9.17) is 0 Å². The van der Waals surface area contributed by atoms with Crippen LogP contribution in [-0.4, -0.2) is 29.5 Å². The lowest BCUT2D eigenvalue weighted by molar-refractivity contribution is 0.586. The van der Waals surface area contributed by atoms with E-state index in [9.17, 15) is 18.0 Å². The minimum absolute atomic E-state index is 0.0557. The molecule has 3 aromatic rings. The SMILES string of the molecule is Cc1cccc2c1N(S(=O)(=O)c1cnc3c(c1)c(=O)[nH]c(=O)n3C)CCC2. The second-order valence-electron chi connectivity index (χ2n) is 6.62. The topological polar surface area (TPSA) is 105 Å². The van der Waals surface area contributed by atoms with Crippen LogP contribution >= 0.6 is 0 Å². The molecule has 0 bridgehead atoms. The van der Waals surface area contributed by atoms with Gasteiger partial charge in [-0.25, -0.2) is 18.2 Å². The zero-order chi connectivity index (χ0) is 19.3. The number of rotatable bonds is 2. The van der Waals surface area contributed by atoms with Gasteiger partial charge in [-0.05, 0) is 37.0 Å². The summed E-state index contributed by atoms with van der Waals surface area (Å²) in [6.07, 6.45) is 2.73. The first-order valence-corrected chi connectivity index (χ1v) is 9.95. The molecule has 8 nitrogen and oxygen atoms in total. The van der Waals surface area contributed by atoms with Gasteiger partial charge in [0.05, 0.1) is 11.1 Å². The predicted molar refractivity (Wildman–Crippen MR) is 102 cm³/mol. The van der Waals surface area contributed by atoms with Crippen molar-refractivity contribution in [3.63, 3.8) is 0 Å². The Morgan fingerprint density at radius 1 is 1.22 bits per heavy atom. The zero-order valence-electron chi connectivity index (χ0n) is 14.9. The summed E-state index contributed by atoms with van der Waals surface area (Å²) in [5.41, 5.74) is 1.43. The second kappa shape index (κ2) is 6.05. The zero-order valence-corrected chi connectivity index (χ0v) is 15.7. The van der Waals surface area contributed by atoms with E-state index in [1.54, 1.807) is 0 Å². The molecule has 9 heteroatoms. The Bertz CT molecular complexity index is 1290. The number of H-pyrrole nitrogens is 1. The first-order valence-electron chi connectivity index (χ1n) is 8.51. The second-order valence-corrected chi connectivity index (χ2v) is 8.49. The third kappa shape index (κ3) is 2.66. The van der Waals surface area contributed by atoms with Gasteiger partial charge in [0.15, 0.2) is 0 Å². The smallest absolute Gasteiger partial charge is 0.281 e. The molecule has 1 aliphatic rings. The van der Waals surface area contributed by atoms with Crippen molar-refractivity contribution in [2.24, 2.45) is 7.05 Å². The molecule has 1 aliphatic heterocycles. The summed E-state index contributed by atoms with van der Waals surface area (Å²) in [4.78, 5) is 30.0. The van der Waals surface area contributed by atoms with Crippen LogP contribution in [0.3, 0.4) is 0 Å². The molecule has 2 aromatic heterocycles. The van der Waals surface area contributed by atoms with Crippen molar-refractivity contribution in [2.45, 2.75) is 24.7 Å². The van der Waals surface area contributed by atoms with E-state index in [1.807, 2.05) is 25.1 Å². The molecule has 0 radical (unpaired) electrons. The molecule has 0 aliphatic carbocycles. The van der Waals surface area contributed by atoms with Crippen molar-refractivity contribution in [3.8, 4) is 0 Å². The minimum Gasteiger partial charge on any atom is -0.281 e. The largest absolute Gasteiger partial charge is 0.329 e. The van der Waals surface area contributed by atoms with E-state index in [0.717, 1.165) is 17.5 Å². The molecule has 3 heterocycles. The lowest BCUT2D eigenvalue weighted by atomic mass is 10.0. The Morgan fingerprint density at radius 3 is 2.78 bits per heavy atom. The van der Waals surface area contributed by atoms with Crippen LogP contribution in [0.4, 0.5) is 5.69 Å². The van der Waals surface area contributed by atoms with Gasteiger partial charge in [0.1, 0.15) is 10.5 Å². The Hall–Kier alpha value is -2.94. The van der Waals surface area contributed by atoms with Crippen molar-refractivity contribution < 1.29 is 8.42 Å². The number of hydrogen-bond acceptors (Lipinski definition) is 5. The molecule has 0 saturated heterocycles. The average molecular weight is 386 g/mol. The van der Waals surface area contributed by atoms with Crippen LogP contribution in [-0.2, 0) is 23.5 Å². The third-order valence-electron chi connectivity index (χ3n) is 4.90. The van der Waals surface area contributed by atoms with E-state index >= 15 is 0 Å². The van der Waals surface area contributed by atoms with Gasteiger partial charge in [-0.2, -0.15) is 0 Å². The van der Waals surface area contributed by atoms with Gasteiger partial charge in [0.25, 0.3) is 15.6 Å². The highest BCUT2D eigenvalue weighted by Gasteiger charge is 2.31. The number of pyridine rings is 1. The maximum Gasteiger partial charge on any atom is 0.329 e. The molecule has 1 N–H and O–H groups in total. The number of aromatic amines is 1. The molecule has 0 spiro atoms. The van der Waals surface area contributed by atoms with Crippen molar-refractivity contribution in [2.75, 3.05) is 10.8 Å². The monoisotopic (exact) mass is 386 g/mol. The van der Waals surface area contributed by atoms with E-state index in [-0.39, 0.29) is 15.9 Å². The number of para-hydroxylation sites is 1. The van der Waals surface area contributed by atoms with Gasteiger partial charge < -0.3 is 0 Å². The fourth-order valence-corrected chi connectivity index (χ4v) is 5.11. The number of nitrogens with zero attached hydrogens (tertiary/aromatic N) is 3. The predicted octanol–water partition coefficient (Wildman–Crippen LogP) is 1.07. The third-order valence-corrected chi connectivity index (χ3v) is 6.66. The summed E-state index contributed by atoms with van der Waals surface area (Å²) >= 11 is 0. The highest BCUT2D eigenvalue weighted by Crippen LogP contribution is 2.34. The minimum atomic E-state index is -3.90. The molecular formula is C18H18N4O4S. The van der Waals surface area contributed by atoms with E-state index in [0.29, 0.717) is 18.7 Å². The summed E-state index contributed by atoms with van der Waals surface area (Å²) in [6.45, 7) is 2.24. The number of aromatic nitrogens is 3. The maximum absolute atomic E-state index is 13.3. The van der Waals surface area contributed by atoms with Crippen molar-refractivity contribution in [1.82, 2.24) is 14.5 Å². The number of sulfonamides is 1. The Morgan fingerprint density at radius 2 is 2.00 bits per heavy atom. The first kappa shape index (κ1) is 17.5. The molecule has 140 valence electrons. The Kier molecular flexibility index (Phi) is 3.92. The van der Waals surface area contributed by atoms with Crippen LogP contribution in [0.15, 0.2) is 44.9 Å². The van der Waals surface area contributed by atoms with Crippen LogP contribution in [0.5, 0.6) is 0 Å². The highest BCUT2D eigenvalue weighted by atomic mass is 32.2. The van der Waals surface area contributed by atoms with Crippen LogP contribution in [0.25, 0.3) is 11.0 Å². The number of hydrogen-bond donors (Lipinski definition) is 1. The molecule has 0 unspecified atom stereocenters. The molecule has 4 rings (SSSR count). The molecule has 0 amide bonds. The van der Waals surface area contributed by atoms with Gasteiger partial charge in [0, 0.05) is 19.8 Å². The number of benzene rings is 1. The number of nitrogens with one attached hydrogen (secondary N) is 1. The van der Waals surface area contributed by atoms with Gasteiger partial charge in [0.2, 0.25) is 0 Å². The molecule has 0 atom stereocenters. The van der Waals surface area contributed by atoms with Crippen molar-refractivity contribution in [3.05, 3.63) is 62.4 Å². The summed E-state index contributed by atoms with van der Waals surface area (Å²) in [5, 5.41) is 0.0557. The quantitative estimate of drug-likeness (QED) is 0.709. The maximum atomic E-state index is 13.3. The normalized spacial score (nSPS) is 14.4. The summed E-state index contributed by atoms with van der Waals surface area (Å²) in [7, 11) is -2.43. The Labute approximate surface area is 155 Å². The number of fused-ring (bicyclic) bond motifs is 2. The first-order chi connectivity index (χ1) is 12.8. The molecule has 0 fully saturated rings. The summed E-state index contributed by atoms with van der Waals surface area (Å²) in [5.74, 6) is 0. The van der Waals surface area contributed by atoms with Gasteiger partial charge >= 0.3 is 5.69 Å². The molecule has 1 aromatic carbocycles. The van der Waals surface area contributed by atoms with Gasteiger partial charge in [-0.1, -0.05) is 18.2 Å². The van der Waals surface area contributed by atoms with Gasteiger partial charge in [-0.3, -0.25) is 18.7 Å². The highest BCUT2D eigenvalue weighted by molar-refractivity contribution is 7.92. The molecule has 27 heavy (non-hydrogen) atoms. The summed E-state index contributed by atoms with van der Waals surface area (Å²) < 4.78 is 29.2. The Balaban J connectivity index is 1.92. The van der Waals surface area contributed by atoms with Crippen molar-refractivity contribution >= 4 is 26.7 Å². The lowest BCUT2D eigenvalue weighted by Gasteiger charge is -2.31. The fourth-order valence-electron chi connectivity index (χ4n) is 3.53. The average Bonchev–Trinajstić information content (AvgIpc) is 2.65. The van der Waals surface area contributed by atoms with E-state index in [2.05, 4.69) is 9.97 Å². The lowest BCUT2D eigenvalue weighted by Crippen LogP contribution is -2.36. The number of aryl methyl sites for hydroxylation is 3. The van der Waals surface area contributed by atoms with Crippen LogP contribution in [0, 0.1) is 6.92 Å².